The maximum Gasteiger partial charge on any atom is 0.326 e. The maximum absolute atomic E-state index is 11.7. The minimum atomic E-state index is -0.983. The maximum atomic E-state index is 11.7. The number of carbonyl (C=O) groups excluding carboxylic acids is 1. The van der Waals surface area contributed by atoms with Gasteiger partial charge >= 0.3 is 5.97 Å². The quantitative estimate of drug-likeness (QED) is 0.784. The van der Waals surface area contributed by atoms with Crippen molar-refractivity contribution in [2.45, 2.75) is 39.2 Å². The highest BCUT2D eigenvalue weighted by Gasteiger charge is 2.20. The first-order valence-corrected chi connectivity index (χ1v) is 6.40. The van der Waals surface area contributed by atoms with Crippen LogP contribution in [-0.4, -0.2) is 28.0 Å². The molecule has 0 saturated heterocycles. The topological polar surface area (TPSA) is 79.3 Å². The molecule has 1 unspecified atom stereocenters. The molecule has 0 spiro atoms. The van der Waals surface area contributed by atoms with Gasteiger partial charge in [-0.15, -0.1) is 0 Å². The zero-order valence-corrected chi connectivity index (χ0v) is 11.3. The highest BCUT2D eigenvalue weighted by molar-refractivity contribution is 5.83. The fourth-order valence-corrected chi connectivity index (χ4v) is 1.76. The summed E-state index contributed by atoms with van der Waals surface area (Å²) in [5.41, 5.74) is 0.966. The summed E-state index contributed by atoms with van der Waals surface area (Å²) in [5.74, 6) is -1.000. The molecule has 1 atom stereocenters. The van der Waals surface area contributed by atoms with Gasteiger partial charge < -0.3 is 10.4 Å². The third kappa shape index (κ3) is 5.99. The Labute approximate surface area is 113 Å². The van der Waals surface area contributed by atoms with Crippen LogP contribution in [-0.2, 0) is 16.0 Å². The summed E-state index contributed by atoms with van der Waals surface area (Å²) in [4.78, 5) is 26.7. The van der Waals surface area contributed by atoms with Crippen LogP contribution in [0.5, 0.6) is 0 Å². The predicted octanol–water partition coefficient (Wildman–Crippen LogP) is 1.63. The Balaban J connectivity index is 2.42. The number of aryl methyl sites for hydroxylation is 1. The molecular formula is C14H20N2O3. The molecular weight excluding hydrogens is 244 g/mol. The molecule has 5 nitrogen and oxygen atoms in total. The normalized spacial score (nSPS) is 12.2. The number of rotatable bonds is 7. The van der Waals surface area contributed by atoms with Gasteiger partial charge in [-0.25, -0.2) is 4.79 Å². The van der Waals surface area contributed by atoms with Gasteiger partial charge in [0.25, 0.3) is 0 Å². The number of carboxylic acid groups (broad SMARTS) is 1. The monoisotopic (exact) mass is 264 g/mol. The average Bonchev–Trinajstić information content (AvgIpc) is 2.36. The molecule has 104 valence electrons. The predicted molar refractivity (Wildman–Crippen MR) is 71.6 cm³/mol. The molecule has 1 heterocycles. The lowest BCUT2D eigenvalue weighted by Gasteiger charge is -2.16. The van der Waals surface area contributed by atoms with Gasteiger partial charge in [-0.3, -0.25) is 9.78 Å². The fourth-order valence-electron chi connectivity index (χ4n) is 1.76. The molecule has 19 heavy (non-hydrogen) atoms. The van der Waals surface area contributed by atoms with Crippen molar-refractivity contribution in [1.29, 1.82) is 0 Å². The summed E-state index contributed by atoms with van der Waals surface area (Å²) in [5, 5.41) is 11.6. The van der Waals surface area contributed by atoms with E-state index < -0.39 is 12.0 Å². The van der Waals surface area contributed by atoms with Crippen LogP contribution in [0, 0.1) is 5.92 Å². The van der Waals surface area contributed by atoms with Crippen molar-refractivity contribution in [3.8, 4) is 0 Å². The van der Waals surface area contributed by atoms with Crippen LogP contribution < -0.4 is 5.32 Å². The number of hydrogen-bond acceptors (Lipinski definition) is 3. The number of pyridine rings is 1. The third-order valence-electron chi connectivity index (χ3n) is 2.70. The van der Waals surface area contributed by atoms with E-state index in [1.54, 1.807) is 12.4 Å². The molecule has 0 bridgehead atoms. The summed E-state index contributed by atoms with van der Waals surface area (Å²) in [6.45, 7) is 3.86. The SMILES string of the molecule is CC(C)CC(NC(=O)CCc1cccnc1)C(=O)O. The number of aliphatic carboxylic acids is 1. The summed E-state index contributed by atoms with van der Waals surface area (Å²) in [6.07, 6.45) is 4.65. The van der Waals surface area contributed by atoms with E-state index in [0.29, 0.717) is 12.8 Å². The second-order valence-electron chi connectivity index (χ2n) is 4.95. The largest absolute Gasteiger partial charge is 0.480 e. The Hall–Kier alpha value is -1.91. The van der Waals surface area contributed by atoms with Crippen molar-refractivity contribution in [1.82, 2.24) is 10.3 Å². The van der Waals surface area contributed by atoms with Crippen LogP contribution in [0.2, 0.25) is 0 Å². The standard InChI is InChI=1S/C14H20N2O3/c1-10(2)8-12(14(18)19)16-13(17)6-5-11-4-3-7-15-9-11/h3-4,7,9-10,12H,5-6,8H2,1-2H3,(H,16,17)(H,18,19). The smallest absolute Gasteiger partial charge is 0.326 e. The van der Waals surface area contributed by atoms with Crippen LogP contribution in [0.3, 0.4) is 0 Å². The van der Waals surface area contributed by atoms with Crippen molar-refractivity contribution in [2.75, 3.05) is 0 Å². The van der Waals surface area contributed by atoms with E-state index in [4.69, 9.17) is 5.11 Å². The van der Waals surface area contributed by atoms with E-state index in [0.717, 1.165) is 5.56 Å². The van der Waals surface area contributed by atoms with Gasteiger partial charge in [0.1, 0.15) is 6.04 Å². The Kier molecular flexibility index (Phi) is 5.99. The molecule has 0 aliphatic rings. The molecule has 0 fully saturated rings. The van der Waals surface area contributed by atoms with E-state index in [9.17, 15) is 9.59 Å². The lowest BCUT2D eigenvalue weighted by molar-refractivity contribution is -0.142. The zero-order valence-electron chi connectivity index (χ0n) is 11.3. The number of nitrogens with zero attached hydrogens (tertiary/aromatic N) is 1. The van der Waals surface area contributed by atoms with Gasteiger partial charge in [0, 0.05) is 18.8 Å². The lowest BCUT2D eigenvalue weighted by atomic mass is 10.0. The number of aromatic nitrogens is 1. The highest BCUT2D eigenvalue weighted by atomic mass is 16.4. The Bertz CT molecular complexity index is 418. The van der Waals surface area contributed by atoms with E-state index in [2.05, 4.69) is 10.3 Å². The molecule has 0 aromatic carbocycles. The van der Waals surface area contributed by atoms with Crippen LogP contribution in [0.25, 0.3) is 0 Å². The molecule has 0 saturated carbocycles. The molecule has 1 rings (SSSR count). The van der Waals surface area contributed by atoms with Gasteiger partial charge in [-0.1, -0.05) is 19.9 Å². The van der Waals surface area contributed by atoms with Gasteiger partial charge in [0.15, 0.2) is 0 Å². The van der Waals surface area contributed by atoms with Crippen molar-refractivity contribution in [3.05, 3.63) is 30.1 Å². The minimum Gasteiger partial charge on any atom is -0.480 e. The summed E-state index contributed by atoms with van der Waals surface area (Å²) in [6, 6.07) is 2.90. The van der Waals surface area contributed by atoms with Crippen molar-refractivity contribution >= 4 is 11.9 Å². The minimum absolute atomic E-state index is 0.222. The molecule has 1 aromatic heterocycles. The number of nitrogens with one attached hydrogen (secondary N) is 1. The first-order valence-electron chi connectivity index (χ1n) is 6.40. The fraction of sp³-hybridized carbons (Fsp3) is 0.500. The summed E-state index contributed by atoms with van der Waals surface area (Å²) >= 11 is 0. The molecule has 0 aliphatic heterocycles. The van der Waals surface area contributed by atoms with Crippen LogP contribution >= 0.6 is 0 Å². The Morgan fingerprint density at radius 3 is 2.68 bits per heavy atom. The molecule has 2 N–H and O–H groups in total. The van der Waals surface area contributed by atoms with E-state index in [1.807, 2.05) is 26.0 Å². The Morgan fingerprint density at radius 2 is 2.16 bits per heavy atom. The van der Waals surface area contributed by atoms with Gasteiger partial charge in [-0.2, -0.15) is 0 Å². The third-order valence-corrected chi connectivity index (χ3v) is 2.70. The van der Waals surface area contributed by atoms with E-state index >= 15 is 0 Å². The number of carboxylic acids is 1. The highest BCUT2D eigenvalue weighted by Crippen LogP contribution is 2.06. The van der Waals surface area contributed by atoms with Crippen molar-refractivity contribution in [2.24, 2.45) is 5.92 Å². The molecule has 5 heteroatoms. The molecule has 1 aromatic rings. The molecule has 0 radical (unpaired) electrons. The lowest BCUT2D eigenvalue weighted by Crippen LogP contribution is -2.41. The number of amides is 1. The summed E-state index contributed by atoms with van der Waals surface area (Å²) in [7, 11) is 0. The van der Waals surface area contributed by atoms with Crippen LogP contribution in [0.4, 0.5) is 0 Å². The average molecular weight is 264 g/mol. The van der Waals surface area contributed by atoms with Crippen LogP contribution in [0.15, 0.2) is 24.5 Å². The van der Waals surface area contributed by atoms with Gasteiger partial charge in [0.2, 0.25) is 5.91 Å². The second kappa shape index (κ2) is 7.51. The first kappa shape index (κ1) is 15.1. The first-order chi connectivity index (χ1) is 8.99. The van der Waals surface area contributed by atoms with E-state index in [-0.39, 0.29) is 18.2 Å². The van der Waals surface area contributed by atoms with E-state index in [1.165, 1.54) is 0 Å². The zero-order chi connectivity index (χ0) is 14.3. The van der Waals surface area contributed by atoms with Crippen molar-refractivity contribution in [3.63, 3.8) is 0 Å². The number of carbonyl (C=O) groups is 2. The van der Waals surface area contributed by atoms with Gasteiger partial charge in [0.05, 0.1) is 0 Å². The van der Waals surface area contributed by atoms with Crippen molar-refractivity contribution < 1.29 is 14.7 Å². The second-order valence-corrected chi connectivity index (χ2v) is 4.95. The molecule has 1 amide bonds. The molecule has 0 aliphatic carbocycles. The van der Waals surface area contributed by atoms with Gasteiger partial charge in [-0.05, 0) is 30.4 Å². The number of hydrogen-bond donors (Lipinski definition) is 2. The summed E-state index contributed by atoms with van der Waals surface area (Å²) < 4.78 is 0. The van der Waals surface area contributed by atoms with Crippen LogP contribution in [0.1, 0.15) is 32.3 Å². The Morgan fingerprint density at radius 1 is 1.42 bits per heavy atom.